The van der Waals surface area contributed by atoms with Gasteiger partial charge in [-0.05, 0) is 25.1 Å². The first kappa shape index (κ1) is 30.2. The van der Waals surface area contributed by atoms with Crippen LogP contribution in [0.25, 0.3) is 0 Å². The Balaban J connectivity index is 1.54. The Kier molecular flexibility index (Phi) is 8.87. The van der Waals surface area contributed by atoms with Crippen molar-refractivity contribution in [3.63, 3.8) is 0 Å². The predicted molar refractivity (Wildman–Crippen MR) is 136 cm³/mol. The molecule has 2 aliphatic heterocycles. The van der Waals surface area contributed by atoms with Gasteiger partial charge in [-0.3, -0.25) is 14.6 Å². The molecular weight excluding hydrogens is 579 g/mol. The van der Waals surface area contributed by atoms with Crippen molar-refractivity contribution in [2.75, 3.05) is 50.7 Å². The molecule has 0 radical (unpaired) electrons. The molecule has 222 valence electrons. The second-order valence-electron chi connectivity index (χ2n) is 9.65. The maximum atomic E-state index is 14.2. The Morgan fingerprint density at radius 2 is 1.76 bits per heavy atom. The van der Waals surface area contributed by atoms with Gasteiger partial charge in [0.25, 0.3) is 0 Å². The van der Waals surface area contributed by atoms with E-state index in [9.17, 15) is 36.3 Å². The van der Waals surface area contributed by atoms with E-state index in [0.29, 0.717) is 31.8 Å². The number of carbonyl (C=O) groups excluding carboxylic acids is 2. The van der Waals surface area contributed by atoms with Crippen LogP contribution in [0.5, 0.6) is 0 Å². The van der Waals surface area contributed by atoms with E-state index in [1.165, 1.54) is 16.7 Å². The third-order valence-corrected chi connectivity index (χ3v) is 7.16. The van der Waals surface area contributed by atoms with Crippen molar-refractivity contribution in [2.45, 2.75) is 25.7 Å². The lowest BCUT2D eigenvalue weighted by atomic mass is 10.1. The van der Waals surface area contributed by atoms with Crippen molar-refractivity contribution in [3.05, 3.63) is 57.7 Å². The smallest absolute Gasteiger partial charge is 0.416 e. The molecule has 0 spiro atoms. The molecule has 0 aliphatic carbocycles. The van der Waals surface area contributed by atoms with Gasteiger partial charge < -0.3 is 20.2 Å². The van der Waals surface area contributed by atoms with Crippen LogP contribution in [-0.4, -0.2) is 94.7 Å². The van der Waals surface area contributed by atoms with Gasteiger partial charge in [0.15, 0.2) is 0 Å². The monoisotopic (exact) mass is 604 g/mol. The second kappa shape index (κ2) is 12.0. The number of rotatable bonds is 7. The zero-order chi connectivity index (χ0) is 30.1. The van der Waals surface area contributed by atoms with E-state index in [2.05, 4.69) is 10.3 Å². The summed E-state index contributed by atoms with van der Waals surface area (Å²) in [6, 6.07) is 0.978. The van der Waals surface area contributed by atoms with E-state index >= 15 is 0 Å². The van der Waals surface area contributed by atoms with Gasteiger partial charge in [-0.2, -0.15) is 13.2 Å². The van der Waals surface area contributed by atoms with E-state index < -0.39 is 54.0 Å². The van der Waals surface area contributed by atoms with Gasteiger partial charge in [0.2, 0.25) is 5.91 Å². The van der Waals surface area contributed by atoms with Crippen LogP contribution in [0.15, 0.2) is 24.3 Å². The molecule has 0 bridgehead atoms. The first-order chi connectivity index (χ1) is 19.2. The number of carbonyl (C=O) groups is 3. The topological polar surface area (TPSA) is 109 Å². The minimum absolute atomic E-state index is 0.0282. The number of carboxylic acid groups (broad SMARTS) is 1. The minimum Gasteiger partial charge on any atom is -0.465 e. The summed E-state index contributed by atoms with van der Waals surface area (Å²) >= 11 is 5.71. The summed E-state index contributed by atoms with van der Waals surface area (Å²) in [5, 5.41) is 11.2. The molecule has 2 aliphatic rings. The Morgan fingerprint density at radius 1 is 1.07 bits per heavy atom. The van der Waals surface area contributed by atoms with Crippen molar-refractivity contribution in [1.29, 1.82) is 0 Å². The highest BCUT2D eigenvalue weighted by molar-refractivity contribution is 6.30. The van der Waals surface area contributed by atoms with E-state index in [1.807, 2.05) is 4.90 Å². The number of hydrogen-bond acceptors (Lipinski definition) is 5. The number of aryl methyl sites for hydroxylation is 1. The fourth-order valence-corrected chi connectivity index (χ4v) is 4.85. The lowest BCUT2D eigenvalue weighted by Gasteiger charge is -2.33. The molecule has 2 N–H and O–H groups in total. The summed E-state index contributed by atoms with van der Waals surface area (Å²) in [5.41, 5.74) is -1.21. The number of anilines is 1. The number of nitrogens with zero attached hydrogens (tertiary/aromatic N) is 5. The van der Waals surface area contributed by atoms with Crippen molar-refractivity contribution >= 4 is 35.5 Å². The van der Waals surface area contributed by atoms with Gasteiger partial charge in [0.05, 0.1) is 17.1 Å². The molecule has 41 heavy (non-hydrogen) atoms. The van der Waals surface area contributed by atoms with Crippen LogP contribution in [0.1, 0.15) is 16.8 Å². The van der Waals surface area contributed by atoms with E-state index in [-0.39, 0.29) is 48.3 Å². The molecule has 1 aromatic heterocycles. The number of amides is 4. The van der Waals surface area contributed by atoms with Gasteiger partial charge in [-0.15, -0.1) is 0 Å². The zero-order valence-electron chi connectivity index (χ0n) is 21.7. The number of piperazine rings is 1. The lowest BCUT2D eigenvalue weighted by Crippen LogP contribution is -2.50. The number of benzene rings is 1. The minimum atomic E-state index is -4.74. The lowest BCUT2D eigenvalue weighted by molar-refractivity contribution is -0.137. The Bertz CT molecular complexity index is 1340. The van der Waals surface area contributed by atoms with Crippen LogP contribution in [0.2, 0.25) is 5.02 Å². The summed E-state index contributed by atoms with van der Waals surface area (Å²) in [6.45, 7) is 2.52. The summed E-state index contributed by atoms with van der Waals surface area (Å²) < 4.78 is 68.3. The molecule has 10 nitrogen and oxygen atoms in total. The standard InChI is InChI=1S/C25H26ClF5N6O4/c1-14-8-16(25(29,30)31)10-21(33-14)37-20(22(38)32-12-15-9-17(26)19(28)11-18(15)27)13-36(23(37)39)7-4-34-2-5-35(6-3-34)24(40)41/h8-11,20H,2-7,12-13H2,1H3,(H,32,38)(H,40,41)/t20-/m0/s1. The number of pyridine rings is 1. The van der Waals surface area contributed by atoms with Gasteiger partial charge in [0.1, 0.15) is 23.5 Å². The van der Waals surface area contributed by atoms with Crippen molar-refractivity contribution in [2.24, 2.45) is 0 Å². The summed E-state index contributed by atoms with van der Waals surface area (Å²) in [7, 11) is 0. The third kappa shape index (κ3) is 6.96. The highest BCUT2D eigenvalue weighted by atomic mass is 35.5. The third-order valence-electron chi connectivity index (χ3n) is 6.87. The zero-order valence-corrected chi connectivity index (χ0v) is 22.5. The van der Waals surface area contributed by atoms with E-state index in [4.69, 9.17) is 16.7 Å². The number of hydrogen-bond donors (Lipinski definition) is 2. The number of alkyl halides is 3. The average molecular weight is 605 g/mol. The van der Waals surface area contributed by atoms with Crippen molar-refractivity contribution < 1.29 is 41.4 Å². The molecule has 1 aromatic carbocycles. The number of urea groups is 1. The molecule has 4 amide bonds. The highest BCUT2D eigenvalue weighted by Crippen LogP contribution is 2.33. The van der Waals surface area contributed by atoms with E-state index in [0.717, 1.165) is 17.0 Å². The fraction of sp³-hybridized carbons (Fsp3) is 0.440. The second-order valence-corrected chi connectivity index (χ2v) is 10.1. The molecule has 1 atom stereocenters. The highest BCUT2D eigenvalue weighted by Gasteiger charge is 2.44. The van der Waals surface area contributed by atoms with Crippen LogP contribution in [0, 0.1) is 18.6 Å². The molecule has 16 heteroatoms. The molecule has 2 saturated heterocycles. The number of nitrogens with one attached hydrogen (secondary N) is 1. The maximum absolute atomic E-state index is 14.2. The maximum Gasteiger partial charge on any atom is 0.416 e. The van der Waals surface area contributed by atoms with Crippen LogP contribution in [-0.2, 0) is 17.5 Å². The largest absolute Gasteiger partial charge is 0.465 e. The van der Waals surface area contributed by atoms with Gasteiger partial charge in [-0.1, -0.05) is 11.6 Å². The molecule has 3 heterocycles. The van der Waals surface area contributed by atoms with Crippen LogP contribution in [0.3, 0.4) is 0 Å². The fourth-order valence-electron chi connectivity index (χ4n) is 4.66. The number of aromatic nitrogens is 1. The van der Waals surface area contributed by atoms with Crippen LogP contribution in [0.4, 0.5) is 37.4 Å². The van der Waals surface area contributed by atoms with Crippen molar-refractivity contribution in [3.8, 4) is 0 Å². The molecular formula is C25H26ClF5N6O4. The van der Waals surface area contributed by atoms with Gasteiger partial charge in [-0.25, -0.2) is 23.4 Å². The van der Waals surface area contributed by atoms with Gasteiger partial charge in [0, 0.05) is 63.1 Å². The summed E-state index contributed by atoms with van der Waals surface area (Å²) in [4.78, 5) is 47.3. The first-order valence-electron chi connectivity index (χ1n) is 12.5. The Labute approximate surface area is 236 Å². The van der Waals surface area contributed by atoms with Crippen LogP contribution < -0.4 is 10.2 Å². The molecule has 4 rings (SSSR count). The normalized spacial score (nSPS) is 18.3. The summed E-state index contributed by atoms with van der Waals surface area (Å²) in [6.07, 6.45) is -5.77. The van der Waals surface area contributed by atoms with Gasteiger partial charge >= 0.3 is 18.3 Å². The quantitative estimate of drug-likeness (QED) is 0.370. The Morgan fingerprint density at radius 3 is 2.39 bits per heavy atom. The first-order valence-corrected chi connectivity index (χ1v) is 12.9. The van der Waals surface area contributed by atoms with E-state index in [1.54, 1.807) is 0 Å². The SMILES string of the molecule is Cc1cc(C(F)(F)F)cc(N2C(=O)N(CCN3CCN(C(=O)O)CC3)C[C@H]2C(=O)NCc2cc(Cl)c(F)cc2F)n1. The van der Waals surface area contributed by atoms with Crippen LogP contribution >= 0.6 is 11.6 Å². The number of halogens is 6. The molecule has 2 fully saturated rings. The summed E-state index contributed by atoms with van der Waals surface area (Å²) in [5.74, 6) is -3.13. The molecule has 0 saturated carbocycles. The van der Waals surface area contributed by atoms with Crippen molar-refractivity contribution in [1.82, 2.24) is 25.0 Å². The predicted octanol–water partition coefficient (Wildman–Crippen LogP) is 3.56. The average Bonchev–Trinajstić information content (AvgIpc) is 3.24. The molecule has 0 unspecified atom stereocenters. The Hall–Kier alpha value is -3.72. The molecule has 2 aromatic rings.